The molecule has 0 aliphatic heterocycles. The highest BCUT2D eigenvalue weighted by Crippen LogP contribution is 2.53. The number of hydrogen-bond donors (Lipinski definition) is 0. The largest absolute Gasteiger partial charge is 0.326 e. The molecular formula is C9H21O2PS2. The van der Waals surface area contributed by atoms with Gasteiger partial charge < -0.3 is 9.05 Å². The van der Waals surface area contributed by atoms with Crippen LogP contribution in [0.1, 0.15) is 34.6 Å². The van der Waals surface area contributed by atoms with E-state index in [0.717, 1.165) is 18.3 Å². The second kappa shape index (κ2) is 8.23. The first-order valence-corrected chi connectivity index (χ1v) is 8.57. The molecule has 0 spiro atoms. The maximum atomic E-state index is 5.49. The standard InChI is InChI=1S/C9H21O2PS2/c1-6-10-12(11-7-2)14-8-13-9(3,4)5/h6-8H2,1-5H3. The summed E-state index contributed by atoms with van der Waals surface area (Å²) >= 11 is 3.71. The van der Waals surface area contributed by atoms with Crippen LogP contribution < -0.4 is 0 Å². The Morgan fingerprint density at radius 2 is 1.57 bits per heavy atom. The second-order valence-corrected chi connectivity index (χ2v) is 8.91. The molecule has 0 aromatic carbocycles. The van der Waals surface area contributed by atoms with Gasteiger partial charge in [0.15, 0.2) is 0 Å². The fraction of sp³-hybridized carbons (Fsp3) is 1.00. The topological polar surface area (TPSA) is 18.5 Å². The molecule has 0 aromatic rings. The van der Waals surface area contributed by atoms with Gasteiger partial charge in [0.05, 0.1) is 13.2 Å². The van der Waals surface area contributed by atoms with Crippen LogP contribution in [0.25, 0.3) is 0 Å². The third-order valence-corrected chi connectivity index (χ3v) is 6.24. The molecule has 0 aliphatic rings. The lowest BCUT2D eigenvalue weighted by molar-refractivity contribution is 0.283. The zero-order valence-corrected chi connectivity index (χ0v) is 12.2. The number of rotatable bonds is 7. The van der Waals surface area contributed by atoms with E-state index in [9.17, 15) is 0 Å². The minimum Gasteiger partial charge on any atom is -0.326 e. The Kier molecular flexibility index (Phi) is 8.85. The van der Waals surface area contributed by atoms with Crippen LogP contribution >= 0.6 is 30.7 Å². The van der Waals surface area contributed by atoms with Crippen LogP contribution in [-0.4, -0.2) is 23.0 Å². The van der Waals surface area contributed by atoms with E-state index >= 15 is 0 Å². The zero-order valence-electron chi connectivity index (χ0n) is 9.70. The first-order valence-electron chi connectivity index (χ1n) is 4.82. The average molecular weight is 256 g/mol. The SMILES string of the molecule is CCOP(OCC)SCSC(C)(C)C. The van der Waals surface area contributed by atoms with Crippen molar-refractivity contribution in [3.63, 3.8) is 0 Å². The quantitative estimate of drug-likeness (QED) is 0.492. The van der Waals surface area contributed by atoms with Gasteiger partial charge in [0.25, 0.3) is 0 Å². The summed E-state index contributed by atoms with van der Waals surface area (Å²) in [5.41, 5.74) is 0. The summed E-state index contributed by atoms with van der Waals surface area (Å²) < 4.78 is 11.3. The van der Waals surface area contributed by atoms with Gasteiger partial charge in [-0.05, 0) is 13.8 Å². The van der Waals surface area contributed by atoms with Gasteiger partial charge in [-0.1, -0.05) is 32.2 Å². The molecule has 0 bridgehead atoms. The van der Waals surface area contributed by atoms with Gasteiger partial charge in [-0.2, -0.15) is 0 Å². The van der Waals surface area contributed by atoms with Crippen molar-refractivity contribution in [3.8, 4) is 0 Å². The maximum absolute atomic E-state index is 5.49. The van der Waals surface area contributed by atoms with Gasteiger partial charge in [0.1, 0.15) is 0 Å². The van der Waals surface area contributed by atoms with Crippen molar-refractivity contribution >= 4 is 30.7 Å². The summed E-state index contributed by atoms with van der Waals surface area (Å²) in [5.74, 6) is 0. The Morgan fingerprint density at radius 1 is 1.07 bits per heavy atom. The summed E-state index contributed by atoms with van der Waals surface area (Å²) in [5, 5.41) is 1.04. The minimum absolute atomic E-state index is 0.326. The number of hydrogen-bond acceptors (Lipinski definition) is 4. The van der Waals surface area contributed by atoms with E-state index in [1.165, 1.54) is 0 Å². The molecule has 0 aliphatic carbocycles. The van der Waals surface area contributed by atoms with Gasteiger partial charge in [-0.25, -0.2) is 0 Å². The van der Waals surface area contributed by atoms with Gasteiger partial charge in [0.2, 0.25) is 7.58 Å². The van der Waals surface area contributed by atoms with Crippen LogP contribution in [0.15, 0.2) is 0 Å². The monoisotopic (exact) mass is 256 g/mol. The Morgan fingerprint density at radius 3 is 1.93 bits per heavy atom. The van der Waals surface area contributed by atoms with E-state index in [-0.39, 0.29) is 0 Å². The summed E-state index contributed by atoms with van der Waals surface area (Å²) in [4.78, 5) is 0. The summed E-state index contributed by atoms with van der Waals surface area (Å²) in [6, 6.07) is 0. The van der Waals surface area contributed by atoms with Crippen molar-refractivity contribution in [2.45, 2.75) is 39.4 Å². The summed E-state index contributed by atoms with van der Waals surface area (Å²) in [6.45, 7) is 12.2. The molecule has 0 radical (unpaired) electrons. The molecule has 2 nitrogen and oxygen atoms in total. The zero-order chi connectivity index (χ0) is 11.0. The average Bonchev–Trinajstić information content (AvgIpc) is 2.02. The van der Waals surface area contributed by atoms with E-state index < -0.39 is 7.58 Å². The van der Waals surface area contributed by atoms with Crippen LogP contribution in [0.4, 0.5) is 0 Å². The lowest BCUT2D eigenvalue weighted by Gasteiger charge is -2.19. The molecule has 0 N–H and O–H groups in total. The fourth-order valence-electron chi connectivity index (χ4n) is 0.569. The Labute approximate surface area is 97.6 Å². The fourth-order valence-corrected chi connectivity index (χ4v) is 5.51. The van der Waals surface area contributed by atoms with E-state index in [4.69, 9.17) is 9.05 Å². The first kappa shape index (κ1) is 15.0. The van der Waals surface area contributed by atoms with E-state index in [1.807, 2.05) is 25.6 Å². The molecular weight excluding hydrogens is 235 g/mol. The highest BCUT2D eigenvalue weighted by atomic mass is 32.7. The second-order valence-electron chi connectivity index (χ2n) is 3.56. The maximum Gasteiger partial charge on any atom is 0.238 e. The highest BCUT2D eigenvalue weighted by Gasteiger charge is 2.14. The van der Waals surface area contributed by atoms with Gasteiger partial charge in [-0.15, -0.1) is 11.8 Å². The lowest BCUT2D eigenvalue weighted by Crippen LogP contribution is -2.07. The molecule has 0 saturated carbocycles. The smallest absolute Gasteiger partial charge is 0.238 e. The van der Waals surface area contributed by atoms with Crippen LogP contribution in [0, 0.1) is 0 Å². The first-order chi connectivity index (χ1) is 6.49. The molecule has 0 rings (SSSR count). The van der Waals surface area contributed by atoms with Crippen molar-refractivity contribution < 1.29 is 9.05 Å². The number of thioether (sulfide) groups is 1. The molecule has 0 heterocycles. The van der Waals surface area contributed by atoms with Crippen molar-refractivity contribution in [2.24, 2.45) is 0 Å². The van der Waals surface area contributed by atoms with Crippen molar-refractivity contribution in [3.05, 3.63) is 0 Å². The van der Waals surface area contributed by atoms with Crippen LogP contribution in [-0.2, 0) is 9.05 Å². The molecule has 86 valence electrons. The molecule has 0 atom stereocenters. The highest BCUT2D eigenvalue weighted by molar-refractivity contribution is 8.55. The molecule has 14 heavy (non-hydrogen) atoms. The van der Waals surface area contributed by atoms with Crippen LogP contribution in [0.3, 0.4) is 0 Å². The van der Waals surface area contributed by atoms with Crippen molar-refractivity contribution in [2.75, 3.05) is 18.3 Å². The predicted molar refractivity (Wildman–Crippen MR) is 70.0 cm³/mol. The van der Waals surface area contributed by atoms with Crippen molar-refractivity contribution in [1.82, 2.24) is 0 Å². The summed E-state index contributed by atoms with van der Waals surface area (Å²) in [6.07, 6.45) is 0. The van der Waals surface area contributed by atoms with Crippen LogP contribution in [0.2, 0.25) is 0 Å². The Balaban J connectivity index is 3.60. The van der Waals surface area contributed by atoms with Gasteiger partial charge >= 0.3 is 0 Å². The minimum atomic E-state index is -0.718. The van der Waals surface area contributed by atoms with Gasteiger partial charge in [-0.3, -0.25) is 0 Å². The predicted octanol–water partition coefficient (Wildman–Crippen LogP) is 4.51. The van der Waals surface area contributed by atoms with Crippen molar-refractivity contribution in [1.29, 1.82) is 0 Å². The van der Waals surface area contributed by atoms with E-state index in [0.29, 0.717) is 4.75 Å². The molecule has 0 fully saturated rings. The van der Waals surface area contributed by atoms with Crippen LogP contribution in [0.5, 0.6) is 0 Å². The third kappa shape index (κ3) is 9.60. The molecule has 0 saturated heterocycles. The molecule has 0 amide bonds. The Bertz CT molecular complexity index is 133. The molecule has 0 unspecified atom stereocenters. The summed E-state index contributed by atoms with van der Waals surface area (Å²) in [7, 11) is -0.718. The molecule has 0 aromatic heterocycles. The Hall–Kier alpha value is 1.05. The van der Waals surface area contributed by atoms with E-state index in [1.54, 1.807) is 11.4 Å². The lowest BCUT2D eigenvalue weighted by atomic mass is 10.3. The van der Waals surface area contributed by atoms with Gasteiger partial charge in [0, 0.05) is 9.83 Å². The van der Waals surface area contributed by atoms with E-state index in [2.05, 4.69) is 20.8 Å². The normalized spacial score (nSPS) is 12.4. The molecule has 5 heteroatoms. The third-order valence-electron chi connectivity index (χ3n) is 1.12.